The molecule has 5 atom stereocenters. The molecule has 13 nitrogen and oxygen atoms in total. The Balaban J connectivity index is 1.42. The van der Waals surface area contributed by atoms with Crippen LogP contribution in [0.2, 0.25) is 0 Å². The quantitative estimate of drug-likeness (QED) is 0.0854. The zero-order chi connectivity index (χ0) is 34.4. The van der Waals surface area contributed by atoms with E-state index in [0.29, 0.717) is 16.7 Å². The van der Waals surface area contributed by atoms with E-state index < -0.39 is 54.0 Å². The van der Waals surface area contributed by atoms with Crippen LogP contribution in [0.15, 0.2) is 85.2 Å². The molecule has 0 radical (unpaired) electrons. The number of aliphatic hydroxyl groups excluding tert-OH is 1. The zero-order valence-electron chi connectivity index (χ0n) is 26.1. The highest BCUT2D eigenvalue weighted by Gasteiger charge is 2.32. The number of fused-ring (bicyclic) bond motifs is 2. The van der Waals surface area contributed by atoms with Crippen LogP contribution in [0.4, 0.5) is 0 Å². The summed E-state index contributed by atoms with van der Waals surface area (Å²) in [7, 11) is 0. The maximum atomic E-state index is 13.9. The smallest absolute Gasteiger partial charge is 0.326 e. The number of phenolic OH excluding ortho intramolecular Hbond substituents is 1. The number of aromatic hydroxyl groups is 1. The summed E-state index contributed by atoms with van der Waals surface area (Å²) in [5.74, 6) is -3.51. The Morgan fingerprint density at radius 1 is 0.688 bits per heavy atom. The second-order valence-electron chi connectivity index (χ2n) is 11.8. The maximum Gasteiger partial charge on any atom is 0.326 e. The lowest BCUT2D eigenvalue weighted by atomic mass is 10.0. The number of carboxylic acid groups (broad SMARTS) is 1. The summed E-state index contributed by atoms with van der Waals surface area (Å²) in [6, 6.07) is 15.7. The molecule has 3 aromatic carbocycles. The molecule has 0 aliphatic heterocycles. The van der Waals surface area contributed by atoms with Crippen LogP contribution in [-0.4, -0.2) is 79.2 Å². The Kier molecular flexibility index (Phi) is 10.4. The number of H-pyrrole nitrogens is 2. The molecule has 0 aliphatic carbocycles. The first-order chi connectivity index (χ1) is 23.0. The maximum absolute atomic E-state index is 13.9. The summed E-state index contributed by atoms with van der Waals surface area (Å²) < 4.78 is 0. The van der Waals surface area contributed by atoms with Gasteiger partial charge >= 0.3 is 5.97 Å². The fourth-order valence-electron chi connectivity index (χ4n) is 5.56. The first-order valence-corrected chi connectivity index (χ1v) is 15.5. The van der Waals surface area contributed by atoms with Crippen molar-refractivity contribution in [2.45, 2.75) is 56.5 Å². The minimum Gasteiger partial charge on any atom is -0.508 e. The second-order valence-corrected chi connectivity index (χ2v) is 11.8. The summed E-state index contributed by atoms with van der Waals surface area (Å²) >= 11 is 0. The number of carbonyl (C=O) groups excluding carboxylic acids is 3. The van der Waals surface area contributed by atoms with Crippen molar-refractivity contribution in [2.24, 2.45) is 5.73 Å². The van der Waals surface area contributed by atoms with Crippen LogP contribution < -0.4 is 21.7 Å². The van der Waals surface area contributed by atoms with Crippen molar-refractivity contribution >= 4 is 45.5 Å². The van der Waals surface area contributed by atoms with Crippen molar-refractivity contribution < 1.29 is 34.5 Å². The first-order valence-electron chi connectivity index (χ1n) is 15.5. The Bertz CT molecular complexity index is 1920. The molecule has 5 aromatic rings. The van der Waals surface area contributed by atoms with Gasteiger partial charge in [0.2, 0.25) is 17.7 Å². The first kappa shape index (κ1) is 33.7. The van der Waals surface area contributed by atoms with Crippen molar-refractivity contribution in [1.82, 2.24) is 25.9 Å². The Hall–Kier alpha value is -5.66. The van der Waals surface area contributed by atoms with Crippen LogP contribution in [0, 0.1) is 0 Å². The van der Waals surface area contributed by atoms with Gasteiger partial charge in [-0.25, -0.2) is 4.79 Å². The summed E-state index contributed by atoms with van der Waals surface area (Å²) in [5.41, 5.74) is 9.45. The molecule has 5 rings (SSSR count). The molecule has 250 valence electrons. The van der Waals surface area contributed by atoms with Crippen molar-refractivity contribution in [3.63, 3.8) is 0 Å². The topological polar surface area (TPSA) is 223 Å². The summed E-state index contributed by atoms with van der Waals surface area (Å²) in [5, 5.41) is 39.2. The van der Waals surface area contributed by atoms with E-state index in [0.717, 1.165) is 21.8 Å². The Labute approximate surface area is 275 Å². The van der Waals surface area contributed by atoms with Gasteiger partial charge in [-0.3, -0.25) is 14.4 Å². The number of amides is 3. The van der Waals surface area contributed by atoms with Gasteiger partial charge in [-0.15, -0.1) is 0 Å². The Morgan fingerprint density at radius 2 is 1.15 bits per heavy atom. The number of hydrogen-bond donors (Lipinski definition) is 9. The number of nitrogens with two attached hydrogens (primary N) is 1. The molecule has 0 saturated carbocycles. The standard InChI is InChI=1S/C35H38N6O7/c1-19(42)31(36)34(46)40-28(14-20-10-12-23(43)13-11-20)32(44)39-29(15-21-17-37-26-8-4-2-6-24(21)26)33(45)41-30(35(47)48)16-22-18-38-27-9-5-3-7-25(22)27/h2-13,17-19,28-31,37-38,42-43H,14-16,36H2,1H3,(H,39,44)(H,40,46)(H,41,45)(H,47,48). The largest absolute Gasteiger partial charge is 0.508 e. The van der Waals surface area contributed by atoms with Crippen molar-refractivity contribution in [3.05, 3.63) is 102 Å². The molecule has 2 aromatic heterocycles. The summed E-state index contributed by atoms with van der Waals surface area (Å²) in [6.07, 6.45) is 2.16. The molecule has 2 heterocycles. The van der Waals surface area contributed by atoms with Gasteiger partial charge in [0.15, 0.2) is 0 Å². The highest BCUT2D eigenvalue weighted by molar-refractivity contribution is 5.95. The second kappa shape index (κ2) is 14.8. The number of phenols is 1. The highest BCUT2D eigenvalue weighted by Crippen LogP contribution is 2.21. The molecule has 0 bridgehead atoms. The third kappa shape index (κ3) is 8.00. The lowest BCUT2D eigenvalue weighted by Gasteiger charge is -2.26. The molecule has 0 spiro atoms. The minimum atomic E-state index is -1.33. The van der Waals surface area contributed by atoms with Crippen LogP contribution in [-0.2, 0) is 38.4 Å². The average molecular weight is 655 g/mol. The number of carboxylic acids is 1. The third-order valence-corrected chi connectivity index (χ3v) is 8.28. The van der Waals surface area contributed by atoms with Gasteiger partial charge in [0.05, 0.1) is 6.10 Å². The zero-order valence-corrected chi connectivity index (χ0v) is 26.1. The number of carbonyl (C=O) groups is 4. The van der Waals surface area contributed by atoms with E-state index >= 15 is 0 Å². The third-order valence-electron chi connectivity index (χ3n) is 8.28. The average Bonchev–Trinajstić information content (AvgIpc) is 3.68. The molecule has 0 saturated heterocycles. The van der Waals surface area contributed by atoms with Crippen LogP contribution >= 0.6 is 0 Å². The van der Waals surface area contributed by atoms with E-state index in [4.69, 9.17) is 5.73 Å². The normalized spacial score (nSPS) is 14.5. The number of hydrogen-bond acceptors (Lipinski definition) is 7. The SMILES string of the molecule is CC(O)C(N)C(=O)NC(Cc1ccc(O)cc1)C(=O)NC(Cc1c[nH]c2ccccc12)C(=O)NC(Cc1c[nH]c2ccccc12)C(=O)O. The lowest BCUT2D eigenvalue weighted by molar-refractivity contribution is -0.142. The number of nitrogens with one attached hydrogen (secondary N) is 5. The molecular formula is C35H38N6O7. The van der Waals surface area contributed by atoms with Gasteiger partial charge in [-0.05, 0) is 47.9 Å². The van der Waals surface area contributed by atoms with Crippen LogP contribution in [0.5, 0.6) is 5.75 Å². The highest BCUT2D eigenvalue weighted by atomic mass is 16.4. The molecule has 48 heavy (non-hydrogen) atoms. The van der Waals surface area contributed by atoms with E-state index in [1.165, 1.54) is 19.1 Å². The number of aromatic amines is 2. The molecule has 10 N–H and O–H groups in total. The van der Waals surface area contributed by atoms with E-state index in [9.17, 15) is 34.5 Å². The number of para-hydroxylation sites is 2. The molecule has 13 heteroatoms. The van der Waals surface area contributed by atoms with E-state index in [2.05, 4.69) is 25.9 Å². The predicted octanol–water partition coefficient (Wildman–Crippen LogP) is 1.63. The van der Waals surface area contributed by atoms with Crippen molar-refractivity contribution in [2.75, 3.05) is 0 Å². The number of aliphatic carboxylic acids is 1. The fraction of sp³-hybridized carbons (Fsp3) is 0.257. The van der Waals surface area contributed by atoms with Crippen molar-refractivity contribution in [1.29, 1.82) is 0 Å². The van der Waals surface area contributed by atoms with Gasteiger partial charge in [0.1, 0.15) is 29.9 Å². The van der Waals surface area contributed by atoms with Crippen LogP contribution in [0.25, 0.3) is 21.8 Å². The van der Waals surface area contributed by atoms with Gasteiger partial charge in [-0.1, -0.05) is 48.5 Å². The Morgan fingerprint density at radius 3 is 1.67 bits per heavy atom. The van der Waals surface area contributed by atoms with E-state index in [1.54, 1.807) is 24.5 Å². The van der Waals surface area contributed by atoms with Crippen LogP contribution in [0.3, 0.4) is 0 Å². The molecule has 3 amide bonds. The van der Waals surface area contributed by atoms with Gasteiger partial charge in [0, 0.05) is 53.5 Å². The number of benzene rings is 3. The van der Waals surface area contributed by atoms with Crippen LogP contribution in [0.1, 0.15) is 23.6 Å². The minimum absolute atomic E-state index is 0.00588. The number of rotatable bonds is 14. The predicted molar refractivity (Wildman–Crippen MR) is 179 cm³/mol. The monoisotopic (exact) mass is 654 g/mol. The van der Waals surface area contributed by atoms with E-state index in [-0.39, 0.29) is 25.0 Å². The molecule has 0 aliphatic rings. The van der Waals surface area contributed by atoms with Gasteiger partial charge < -0.3 is 47.0 Å². The fourth-order valence-corrected chi connectivity index (χ4v) is 5.56. The number of aliphatic hydroxyl groups is 1. The molecule has 0 fully saturated rings. The van der Waals surface area contributed by atoms with E-state index in [1.807, 2.05) is 48.5 Å². The van der Waals surface area contributed by atoms with Gasteiger partial charge in [0.25, 0.3) is 0 Å². The molecular weight excluding hydrogens is 616 g/mol. The summed E-state index contributed by atoms with van der Waals surface area (Å²) in [6.45, 7) is 1.34. The summed E-state index contributed by atoms with van der Waals surface area (Å²) in [4.78, 5) is 59.3. The number of aromatic nitrogens is 2. The van der Waals surface area contributed by atoms with Gasteiger partial charge in [-0.2, -0.15) is 0 Å². The van der Waals surface area contributed by atoms with Crippen molar-refractivity contribution in [3.8, 4) is 5.75 Å². The molecule has 5 unspecified atom stereocenters. The lowest BCUT2D eigenvalue weighted by Crippen LogP contribution is -2.59.